The number of aromatic hydroxyl groups is 1. The van der Waals surface area contributed by atoms with Crippen LogP contribution in [-0.2, 0) is 13.0 Å². The van der Waals surface area contributed by atoms with Crippen LogP contribution in [0.3, 0.4) is 0 Å². The molecular formula is C22H16Cl2N4O3. The number of hydrogen-bond acceptors (Lipinski definition) is 6. The van der Waals surface area contributed by atoms with Crippen LogP contribution in [0.5, 0.6) is 5.75 Å². The van der Waals surface area contributed by atoms with E-state index in [0.717, 1.165) is 16.7 Å². The van der Waals surface area contributed by atoms with Crippen molar-refractivity contribution in [1.82, 2.24) is 20.4 Å². The standard InChI is InChI=1S/C22H16Cl2N4O3/c23-17-8-14(9-18(24)20(17)29)10-19-27-22(31-28-19)21(30)26-11-13-3-1-4-15(7-13)16-5-2-6-25-12-16/h1-9,12,29H,10-11H2,(H,26,30). The van der Waals surface area contributed by atoms with E-state index in [4.69, 9.17) is 27.7 Å². The maximum atomic E-state index is 12.4. The van der Waals surface area contributed by atoms with Gasteiger partial charge in [0.25, 0.3) is 0 Å². The SMILES string of the molecule is O=C(NCc1cccc(-c2cccnc2)c1)c1nc(Cc2cc(Cl)c(O)c(Cl)c2)no1. The molecule has 4 aromatic rings. The Morgan fingerprint density at radius 1 is 1.03 bits per heavy atom. The van der Waals surface area contributed by atoms with Crippen molar-refractivity contribution < 1.29 is 14.4 Å². The summed E-state index contributed by atoms with van der Waals surface area (Å²) in [6.45, 7) is 0.299. The Balaban J connectivity index is 1.40. The van der Waals surface area contributed by atoms with E-state index in [1.807, 2.05) is 36.4 Å². The van der Waals surface area contributed by atoms with Gasteiger partial charge in [0.2, 0.25) is 0 Å². The molecule has 2 N–H and O–H groups in total. The molecule has 0 aliphatic carbocycles. The van der Waals surface area contributed by atoms with Gasteiger partial charge in [-0.25, -0.2) is 0 Å². The van der Waals surface area contributed by atoms with Crippen LogP contribution in [0, 0.1) is 0 Å². The van der Waals surface area contributed by atoms with E-state index in [-0.39, 0.29) is 28.1 Å². The van der Waals surface area contributed by atoms with Gasteiger partial charge in [-0.2, -0.15) is 4.98 Å². The second-order valence-electron chi connectivity index (χ2n) is 6.73. The van der Waals surface area contributed by atoms with Gasteiger partial charge in [0.1, 0.15) is 0 Å². The maximum absolute atomic E-state index is 12.4. The normalized spacial score (nSPS) is 10.8. The number of amides is 1. The third-order valence-electron chi connectivity index (χ3n) is 4.48. The van der Waals surface area contributed by atoms with Crippen molar-refractivity contribution in [3.05, 3.63) is 93.8 Å². The molecule has 0 unspecified atom stereocenters. The number of aromatic nitrogens is 3. The van der Waals surface area contributed by atoms with Gasteiger partial charge in [0.15, 0.2) is 11.6 Å². The van der Waals surface area contributed by atoms with Gasteiger partial charge in [-0.1, -0.05) is 52.6 Å². The second-order valence-corrected chi connectivity index (χ2v) is 7.54. The van der Waals surface area contributed by atoms with Gasteiger partial charge < -0.3 is 14.9 Å². The molecule has 156 valence electrons. The summed E-state index contributed by atoms with van der Waals surface area (Å²) in [5.74, 6) is -0.518. The van der Waals surface area contributed by atoms with Crippen LogP contribution in [0.4, 0.5) is 0 Å². The van der Waals surface area contributed by atoms with Crippen LogP contribution in [0.1, 0.15) is 27.6 Å². The van der Waals surface area contributed by atoms with E-state index in [0.29, 0.717) is 17.9 Å². The number of phenols is 1. The molecule has 1 amide bonds. The molecule has 0 fully saturated rings. The van der Waals surface area contributed by atoms with E-state index in [2.05, 4.69) is 20.4 Å². The lowest BCUT2D eigenvalue weighted by atomic mass is 10.0. The lowest BCUT2D eigenvalue weighted by molar-refractivity contribution is 0.0907. The summed E-state index contributed by atoms with van der Waals surface area (Å²) in [5, 5.41) is 16.5. The molecule has 0 aliphatic heterocycles. The highest BCUT2D eigenvalue weighted by Crippen LogP contribution is 2.33. The first-order chi connectivity index (χ1) is 15.0. The predicted octanol–water partition coefficient (Wildman–Crippen LogP) is 4.66. The third kappa shape index (κ3) is 5.02. The smallest absolute Gasteiger partial charge is 0.315 e. The first-order valence-electron chi connectivity index (χ1n) is 9.26. The van der Waals surface area contributed by atoms with Crippen LogP contribution in [-0.4, -0.2) is 26.1 Å². The van der Waals surface area contributed by atoms with Crippen molar-refractivity contribution >= 4 is 29.1 Å². The molecule has 2 aromatic heterocycles. The number of carbonyl (C=O) groups is 1. The Kier molecular flexibility index (Phi) is 6.16. The number of halogens is 2. The molecule has 4 rings (SSSR count). The zero-order valence-electron chi connectivity index (χ0n) is 16.0. The molecule has 7 nitrogen and oxygen atoms in total. The molecule has 2 heterocycles. The summed E-state index contributed by atoms with van der Waals surface area (Å²) in [7, 11) is 0. The van der Waals surface area contributed by atoms with E-state index in [9.17, 15) is 9.90 Å². The summed E-state index contributed by atoms with van der Waals surface area (Å²) in [4.78, 5) is 20.6. The number of nitrogens with one attached hydrogen (secondary N) is 1. The fraction of sp³-hybridized carbons (Fsp3) is 0.0909. The molecule has 31 heavy (non-hydrogen) atoms. The van der Waals surface area contributed by atoms with Gasteiger partial charge in [0.05, 0.1) is 10.0 Å². The lowest BCUT2D eigenvalue weighted by Crippen LogP contribution is -2.23. The van der Waals surface area contributed by atoms with Crippen LogP contribution in [0.15, 0.2) is 65.4 Å². The molecule has 0 saturated carbocycles. The molecule has 2 aromatic carbocycles. The zero-order chi connectivity index (χ0) is 21.8. The van der Waals surface area contributed by atoms with E-state index in [1.165, 1.54) is 0 Å². The Morgan fingerprint density at radius 2 is 1.81 bits per heavy atom. The average molecular weight is 455 g/mol. The molecule has 0 atom stereocenters. The first kappa shape index (κ1) is 20.8. The largest absolute Gasteiger partial charge is 0.505 e. The molecule has 0 aliphatic rings. The quantitative estimate of drug-likeness (QED) is 0.439. The highest BCUT2D eigenvalue weighted by atomic mass is 35.5. The van der Waals surface area contributed by atoms with Crippen LogP contribution < -0.4 is 5.32 Å². The zero-order valence-corrected chi connectivity index (χ0v) is 17.6. The molecule has 9 heteroatoms. The summed E-state index contributed by atoms with van der Waals surface area (Å²) in [6, 6.07) is 14.7. The Morgan fingerprint density at radius 3 is 2.55 bits per heavy atom. The van der Waals surface area contributed by atoms with Gasteiger partial charge in [-0.3, -0.25) is 9.78 Å². The number of benzene rings is 2. The van der Waals surface area contributed by atoms with Gasteiger partial charge in [-0.05, 0) is 46.5 Å². The number of nitrogens with zero attached hydrogens (tertiary/aromatic N) is 3. The number of carbonyl (C=O) groups excluding carboxylic acids is 1. The maximum Gasteiger partial charge on any atom is 0.315 e. The Hall–Kier alpha value is -3.42. The average Bonchev–Trinajstić information content (AvgIpc) is 3.25. The molecule has 0 spiro atoms. The van der Waals surface area contributed by atoms with Crippen molar-refractivity contribution in [3.63, 3.8) is 0 Å². The van der Waals surface area contributed by atoms with Gasteiger partial charge >= 0.3 is 11.8 Å². The number of pyridine rings is 1. The monoisotopic (exact) mass is 454 g/mol. The number of hydrogen-bond donors (Lipinski definition) is 2. The van der Waals surface area contributed by atoms with Gasteiger partial charge in [0, 0.05) is 25.4 Å². The minimum Gasteiger partial charge on any atom is -0.505 e. The summed E-state index contributed by atoms with van der Waals surface area (Å²) < 4.78 is 5.07. The van der Waals surface area contributed by atoms with Crippen molar-refractivity contribution in [1.29, 1.82) is 0 Å². The van der Waals surface area contributed by atoms with Crippen molar-refractivity contribution in [3.8, 4) is 16.9 Å². The van der Waals surface area contributed by atoms with E-state index >= 15 is 0 Å². The van der Waals surface area contributed by atoms with Crippen molar-refractivity contribution in [2.24, 2.45) is 0 Å². The van der Waals surface area contributed by atoms with Crippen LogP contribution in [0.25, 0.3) is 11.1 Å². The number of rotatable bonds is 6. The summed E-state index contributed by atoms with van der Waals surface area (Å²) >= 11 is 11.8. The lowest BCUT2D eigenvalue weighted by Gasteiger charge is -2.06. The number of phenolic OH excluding ortho intramolecular Hbond substituents is 1. The third-order valence-corrected chi connectivity index (χ3v) is 5.05. The van der Waals surface area contributed by atoms with Crippen LogP contribution in [0.2, 0.25) is 10.0 Å². The highest BCUT2D eigenvalue weighted by molar-refractivity contribution is 6.37. The summed E-state index contributed by atoms with van der Waals surface area (Å²) in [6.07, 6.45) is 3.74. The predicted molar refractivity (Wildman–Crippen MR) is 116 cm³/mol. The first-order valence-corrected chi connectivity index (χ1v) is 10.0. The van der Waals surface area contributed by atoms with Crippen molar-refractivity contribution in [2.45, 2.75) is 13.0 Å². The molecular weight excluding hydrogens is 439 g/mol. The minimum absolute atomic E-state index is 0.123. The minimum atomic E-state index is -0.479. The fourth-order valence-electron chi connectivity index (χ4n) is 2.97. The van der Waals surface area contributed by atoms with Gasteiger partial charge in [-0.15, -0.1) is 0 Å². The molecule has 0 bridgehead atoms. The molecule has 0 saturated heterocycles. The fourth-order valence-corrected chi connectivity index (χ4v) is 3.51. The topological polar surface area (TPSA) is 101 Å². The highest BCUT2D eigenvalue weighted by Gasteiger charge is 2.16. The van der Waals surface area contributed by atoms with Crippen LogP contribution >= 0.6 is 23.2 Å². The molecule has 0 radical (unpaired) electrons. The second kappa shape index (κ2) is 9.16. The summed E-state index contributed by atoms with van der Waals surface area (Å²) in [5.41, 5.74) is 3.59. The van der Waals surface area contributed by atoms with E-state index < -0.39 is 5.91 Å². The Labute approximate surface area is 187 Å². The Bertz CT molecular complexity index is 1210. The van der Waals surface area contributed by atoms with Crippen molar-refractivity contribution in [2.75, 3.05) is 0 Å². The van der Waals surface area contributed by atoms with E-state index in [1.54, 1.807) is 24.5 Å².